The summed E-state index contributed by atoms with van der Waals surface area (Å²) >= 11 is 3.15. The molecular formula is C10H9N3OS3. The number of H-pyrrole nitrogens is 1. The van der Waals surface area contributed by atoms with Crippen LogP contribution in [0.15, 0.2) is 26.8 Å². The molecule has 3 aromatic rings. The molecule has 1 atom stereocenters. The summed E-state index contributed by atoms with van der Waals surface area (Å²) in [6.45, 7) is 0. The number of rotatable bonds is 4. The highest BCUT2D eigenvalue weighted by Gasteiger charge is 2.10. The van der Waals surface area contributed by atoms with Crippen LogP contribution in [0.5, 0.6) is 0 Å². The van der Waals surface area contributed by atoms with Gasteiger partial charge >= 0.3 is 0 Å². The normalized spacial score (nSPS) is 13.2. The maximum Gasteiger partial charge on any atom is 0.197 e. The minimum atomic E-state index is -1.08. The van der Waals surface area contributed by atoms with Gasteiger partial charge in [-0.15, -0.1) is 22.7 Å². The van der Waals surface area contributed by atoms with Gasteiger partial charge in [-0.3, -0.25) is 4.21 Å². The smallest absolute Gasteiger partial charge is 0.197 e. The average molecular weight is 283 g/mol. The molecule has 0 fully saturated rings. The summed E-state index contributed by atoms with van der Waals surface area (Å²) in [7, 11) is -1.08. The molecule has 3 heterocycles. The number of hydrogen-bond acceptors (Lipinski definition) is 5. The molecule has 0 bridgehead atoms. The highest BCUT2D eigenvalue weighted by molar-refractivity contribution is 7.84. The number of fused-ring (bicyclic) bond motifs is 1. The summed E-state index contributed by atoms with van der Waals surface area (Å²) in [6.07, 6.45) is 0.726. The summed E-state index contributed by atoms with van der Waals surface area (Å²) in [4.78, 5) is 11.6. The van der Waals surface area contributed by atoms with Gasteiger partial charge in [-0.1, -0.05) is 0 Å². The molecule has 0 aliphatic heterocycles. The molecule has 0 spiro atoms. The summed E-state index contributed by atoms with van der Waals surface area (Å²) in [6, 6.07) is 0. The van der Waals surface area contributed by atoms with E-state index in [9.17, 15) is 4.21 Å². The lowest BCUT2D eigenvalue weighted by molar-refractivity contribution is 0.677. The molecule has 1 N–H and O–H groups in total. The Hall–Kier alpha value is -1.05. The third-order valence-corrected chi connectivity index (χ3v) is 4.91. The van der Waals surface area contributed by atoms with Gasteiger partial charge in [0, 0.05) is 28.3 Å². The predicted molar refractivity (Wildman–Crippen MR) is 71.1 cm³/mol. The molecule has 0 aliphatic rings. The van der Waals surface area contributed by atoms with Crippen LogP contribution in [0, 0.1) is 0 Å². The maximum atomic E-state index is 12.0. The Kier molecular flexibility index (Phi) is 3.04. The Morgan fingerprint density at radius 3 is 3.00 bits per heavy atom. The largest absolute Gasteiger partial charge is 0.330 e. The molecule has 7 heteroatoms. The van der Waals surface area contributed by atoms with Crippen molar-refractivity contribution < 1.29 is 4.21 Å². The van der Waals surface area contributed by atoms with E-state index in [1.54, 1.807) is 28.2 Å². The second-order valence-electron chi connectivity index (χ2n) is 3.49. The van der Waals surface area contributed by atoms with Gasteiger partial charge in [0.2, 0.25) is 0 Å². The van der Waals surface area contributed by atoms with E-state index in [1.165, 1.54) is 0 Å². The van der Waals surface area contributed by atoms with E-state index in [-0.39, 0.29) is 0 Å². The first-order valence-corrected chi connectivity index (χ1v) is 8.21. The molecule has 0 saturated carbocycles. The SMILES string of the molecule is O=S(CCc1cscn1)c1nc2cscc2[nH]1. The maximum absolute atomic E-state index is 12.0. The van der Waals surface area contributed by atoms with Crippen molar-refractivity contribution in [3.05, 3.63) is 27.3 Å². The fourth-order valence-electron chi connectivity index (χ4n) is 1.49. The van der Waals surface area contributed by atoms with Crippen LogP contribution in [0.25, 0.3) is 11.0 Å². The molecule has 3 aromatic heterocycles. The van der Waals surface area contributed by atoms with E-state index < -0.39 is 10.8 Å². The van der Waals surface area contributed by atoms with Crippen LogP contribution in [0.4, 0.5) is 0 Å². The van der Waals surface area contributed by atoms with Crippen molar-refractivity contribution in [1.29, 1.82) is 0 Å². The van der Waals surface area contributed by atoms with Crippen LogP contribution in [0.2, 0.25) is 0 Å². The van der Waals surface area contributed by atoms with E-state index >= 15 is 0 Å². The van der Waals surface area contributed by atoms with Crippen molar-refractivity contribution in [2.24, 2.45) is 0 Å². The van der Waals surface area contributed by atoms with E-state index in [2.05, 4.69) is 15.0 Å². The summed E-state index contributed by atoms with van der Waals surface area (Å²) in [5.41, 5.74) is 4.65. The van der Waals surface area contributed by atoms with Crippen LogP contribution < -0.4 is 0 Å². The molecule has 17 heavy (non-hydrogen) atoms. The van der Waals surface area contributed by atoms with Gasteiger partial charge in [0.05, 0.1) is 27.5 Å². The predicted octanol–water partition coefficient (Wildman–Crippen LogP) is 2.43. The number of hydrogen-bond donors (Lipinski definition) is 1. The summed E-state index contributed by atoms with van der Waals surface area (Å²) in [5.74, 6) is 0.559. The molecule has 0 amide bonds. The zero-order valence-electron chi connectivity index (χ0n) is 8.75. The number of thiazole rings is 1. The second kappa shape index (κ2) is 4.67. The van der Waals surface area contributed by atoms with Gasteiger partial charge in [-0.2, -0.15) is 0 Å². The number of aryl methyl sites for hydroxylation is 1. The Morgan fingerprint density at radius 2 is 2.24 bits per heavy atom. The standard InChI is InChI=1S/C10H9N3OS3/c14-17(2-1-7-3-16-6-11-7)10-12-8-4-15-5-9(8)13-10/h3-6H,1-2H2,(H,12,13). The molecule has 88 valence electrons. The molecule has 0 aliphatic carbocycles. The lowest BCUT2D eigenvalue weighted by atomic mass is 10.4. The Morgan fingerprint density at radius 1 is 1.29 bits per heavy atom. The fraction of sp³-hybridized carbons (Fsp3) is 0.200. The molecule has 0 radical (unpaired) electrons. The highest BCUT2D eigenvalue weighted by atomic mass is 32.2. The van der Waals surface area contributed by atoms with Crippen molar-refractivity contribution >= 4 is 44.5 Å². The fourth-order valence-corrected chi connectivity index (χ4v) is 3.78. The van der Waals surface area contributed by atoms with Gasteiger partial charge < -0.3 is 4.98 Å². The molecule has 0 saturated heterocycles. The van der Waals surface area contributed by atoms with Crippen molar-refractivity contribution in [3.8, 4) is 0 Å². The van der Waals surface area contributed by atoms with Gasteiger partial charge in [-0.05, 0) is 0 Å². The number of aromatic nitrogens is 3. The topological polar surface area (TPSA) is 58.6 Å². The zero-order chi connectivity index (χ0) is 11.7. The number of nitrogens with zero attached hydrogens (tertiary/aromatic N) is 2. The first-order valence-electron chi connectivity index (χ1n) is 5.00. The van der Waals surface area contributed by atoms with Crippen molar-refractivity contribution in [3.63, 3.8) is 0 Å². The van der Waals surface area contributed by atoms with E-state index in [4.69, 9.17) is 0 Å². The Labute approximate surface area is 108 Å². The highest BCUT2D eigenvalue weighted by Crippen LogP contribution is 2.18. The van der Waals surface area contributed by atoms with Crippen LogP contribution >= 0.6 is 22.7 Å². The van der Waals surface area contributed by atoms with Crippen LogP contribution in [-0.4, -0.2) is 24.9 Å². The van der Waals surface area contributed by atoms with E-state index in [0.29, 0.717) is 10.9 Å². The lowest BCUT2D eigenvalue weighted by Crippen LogP contribution is -2.03. The summed E-state index contributed by atoms with van der Waals surface area (Å²) < 4.78 is 12.0. The monoisotopic (exact) mass is 283 g/mol. The molecule has 3 rings (SSSR count). The van der Waals surface area contributed by atoms with Crippen molar-refractivity contribution in [1.82, 2.24) is 15.0 Å². The Balaban J connectivity index is 1.72. The van der Waals surface area contributed by atoms with Crippen LogP contribution in [0.1, 0.15) is 5.69 Å². The number of imidazole rings is 1. The lowest BCUT2D eigenvalue weighted by Gasteiger charge is -1.96. The van der Waals surface area contributed by atoms with E-state index in [1.807, 2.05) is 16.1 Å². The van der Waals surface area contributed by atoms with Crippen LogP contribution in [0.3, 0.4) is 0 Å². The molecule has 1 unspecified atom stereocenters. The number of thiophene rings is 1. The number of nitrogens with one attached hydrogen (secondary N) is 1. The van der Waals surface area contributed by atoms with Gasteiger partial charge in [0.15, 0.2) is 5.16 Å². The molecular weight excluding hydrogens is 274 g/mol. The van der Waals surface area contributed by atoms with Gasteiger partial charge in [-0.25, -0.2) is 9.97 Å². The quantitative estimate of drug-likeness (QED) is 0.800. The zero-order valence-corrected chi connectivity index (χ0v) is 11.2. The average Bonchev–Trinajstić information content (AvgIpc) is 3.01. The van der Waals surface area contributed by atoms with Gasteiger partial charge in [0.1, 0.15) is 5.52 Å². The summed E-state index contributed by atoms with van der Waals surface area (Å²) in [5, 5.41) is 6.48. The Bertz CT molecular complexity index is 612. The minimum Gasteiger partial charge on any atom is -0.330 e. The third kappa shape index (κ3) is 2.31. The first kappa shape index (κ1) is 11.1. The van der Waals surface area contributed by atoms with Gasteiger partial charge in [0.25, 0.3) is 0 Å². The molecule has 0 aromatic carbocycles. The van der Waals surface area contributed by atoms with E-state index in [0.717, 1.165) is 23.1 Å². The second-order valence-corrected chi connectivity index (χ2v) is 6.44. The van der Waals surface area contributed by atoms with Crippen LogP contribution in [-0.2, 0) is 17.2 Å². The third-order valence-electron chi connectivity index (χ3n) is 2.35. The van der Waals surface area contributed by atoms with Crippen molar-refractivity contribution in [2.75, 3.05) is 5.75 Å². The molecule has 4 nitrogen and oxygen atoms in total. The first-order chi connectivity index (χ1) is 8.33. The minimum absolute atomic E-state index is 0.559. The number of aromatic amines is 1. The van der Waals surface area contributed by atoms with Crippen molar-refractivity contribution in [2.45, 2.75) is 11.6 Å².